The van der Waals surface area contributed by atoms with Gasteiger partial charge in [-0.05, 0) is 15.9 Å². The van der Waals surface area contributed by atoms with Crippen LogP contribution in [0, 0.1) is 0 Å². The van der Waals surface area contributed by atoms with Crippen LogP contribution in [-0.2, 0) is 17.9 Å². The summed E-state index contributed by atoms with van der Waals surface area (Å²) in [5.41, 5.74) is 0.321. The highest BCUT2D eigenvalue weighted by Gasteiger charge is 2.11. The van der Waals surface area contributed by atoms with Crippen LogP contribution in [0.15, 0.2) is 10.7 Å². The minimum atomic E-state index is -2.55. The van der Waals surface area contributed by atoms with Gasteiger partial charge in [-0.2, -0.15) is 5.10 Å². The van der Waals surface area contributed by atoms with Crippen LogP contribution in [-0.4, -0.2) is 29.2 Å². The van der Waals surface area contributed by atoms with Crippen LogP contribution in [0.25, 0.3) is 0 Å². The second-order valence-corrected chi connectivity index (χ2v) is 3.80. The van der Waals surface area contributed by atoms with E-state index in [1.54, 1.807) is 0 Å². The highest BCUT2D eigenvalue weighted by Crippen LogP contribution is 2.16. The first-order valence-corrected chi connectivity index (χ1v) is 5.14. The van der Waals surface area contributed by atoms with Crippen molar-refractivity contribution in [2.75, 3.05) is 6.61 Å². The number of hydrogen-bond acceptors (Lipinski definition) is 2. The molecular formula is C8H9BrF4N2O. The molecule has 0 bridgehead atoms. The molecule has 0 saturated carbocycles. The number of halogens is 5. The van der Waals surface area contributed by atoms with E-state index in [-0.39, 0.29) is 6.61 Å². The van der Waals surface area contributed by atoms with Crippen LogP contribution in [0.5, 0.6) is 0 Å². The first-order chi connectivity index (χ1) is 7.49. The minimum absolute atomic E-state index is 0.138. The first-order valence-electron chi connectivity index (χ1n) is 4.35. The lowest BCUT2D eigenvalue weighted by Crippen LogP contribution is -2.08. The van der Waals surface area contributed by atoms with Crippen LogP contribution in [0.2, 0.25) is 0 Å². The zero-order valence-corrected chi connectivity index (χ0v) is 9.63. The molecule has 0 saturated heterocycles. The van der Waals surface area contributed by atoms with Crippen LogP contribution in [0.3, 0.4) is 0 Å². The largest absolute Gasteiger partial charge is 0.369 e. The molecule has 0 aliphatic carbocycles. The molecule has 0 aliphatic heterocycles. The number of aromatic nitrogens is 2. The summed E-state index contributed by atoms with van der Waals surface area (Å²) in [6, 6.07) is 0. The zero-order chi connectivity index (χ0) is 12.1. The predicted octanol–water partition coefficient (Wildman–Crippen LogP) is 2.69. The number of hydrogen-bond donors (Lipinski definition) is 0. The topological polar surface area (TPSA) is 27.1 Å². The van der Waals surface area contributed by atoms with Gasteiger partial charge in [0.25, 0.3) is 12.9 Å². The molecule has 0 atom stereocenters. The van der Waals surface area contributed by atoms with Crippen molar-refractivity contribution >= 4 is 15.9 Å². The Bertz CT molecular complexity index is 332. The SMILES string of the molecule is FC(F)COCc1nn(CC(F)F)cc1Br. The van der Waals surface area contributed by atoms with E-state index in [2.05, 4.69) is 25.8 Å². The molecule has 1 aromatic heterocycles. The lowest BCUT2D eigenvalue weighted by atomic mass is 10.5. The van der Waals surface area contributed by atoms with Crippen molar-refractivity contribution in [3.05, 3.63) is 16.4 Å². The number of ether oxygens (including phenoxy) is 1. The second kappa shape index (κ2) is 6.19. The van der Waals surface area contributed by atoms with Gasteiger partial charge < -0.3 is 4.74 Å². The molecule has 0 radical (unpaired) electrons. The zero-order valence-electron chi connectivity index (χ0n) is 8.05. The van der Waals surface area contributed by atoms with Crippen molar-refractivity contribution < 1.29 is 22.3 Å². The number of rotatable bonds is 6. The standard InChI is InChI=1S/C8H9BrF4N2O/c9-5-1-15(2-7(10)11)14-6(5)3-16-4-8(12)13/h1,7-8H,2-4H2. The maximum Gasteiger partial charge on any atom is 0.261 e. The molecule has 8 heteroatoms. The Hall–Kier alpha value is -0.630. The molecule has 0 fully saturated rings. The number of nitrogens with zero attached hydrogens (tertiary/aromatic N) is 2. The van der Waals surface area contributed by atoms with Crippen LogP contribution >= 0.6 is 15.9 Å². The summed E-state index contributed by atoms with van der Waals surface area (Å²) >= 11 is 3.08. The molecule has 3 nitrogen and oxygen atoms in total. The second-order valence-electron chi connectivity index (χ2n) is 2.94. The van der Waals surface area contributed by atoms with Gasteiger partial charge in [-0.25, -0.2) is 17.6 Å². The van der Waals surface area contributed by atoms with Gasteiger partial charge in [0, 0.05) is 6.20 Å². The third-order valence-electron chi connectivity index (χ3n) is 1.59. The molecule has 0 N–H and O–H groups in total. The Kier molecular flexibility index (Phi) is 5.20. The van der Waals surface area contributed by atoms with Crippen LogP contribution < -0.4 is 0 Å². The quantitative estimate of drug-likeness (QED) is 0.756. The normalized spacial score (nSPS) is 11.7. The summed E-state index contributed by atoms with van der Waals surface area (Å²) in [5.74, 6) is 0. The first kappa shape index (κ1) is 13.4. The summed E-state index contributed by atoms with van der Waals surface area (Å²) in [5, 5.41) is 3.77. The van der Waals surface area contributed by atoms with E-state index in [9.17, 15) is 17.6 Å². The smallest absolute Gasteiger partial charge is 0.261 e. The highest BCUT2D eigenvalue weighted by atomic mass is 79.9. The predicted molar refractivity (Wildman–Crippen MR) is 51.6 cm³/mol. The molecule has 16 heavy (non-hydrogen) atoms. The lowest BCUT2D eigenvalue weighted by Gasteiger charge is -2.01. The van der Waals surface area contributed by atoms with E-state index in [0.29, 0.717) is 10.2 Å². The Morgan fingerprint density at radius 3 is 2.56 bits per heavy atom. The average molecular weight is 305 g/mol. The monoisotopic (exact) mass is 304 g/mol. The van der Waals surface area contributed by atoms with E-state index in [1.807, 2.05) is 0 Å². The van der Waals surface area contributed by atoms with Gasteiger partial charge >= 0.3 is 0 Å². The molecule has 0 amide bonds. The Balaban J connectivity index is 2.50. The fraction of sp³-hybridized carbons (Fsp3) is 0.625. The average Bonchev–Trinajstić information content (AvgIpc) is 2.45. The highest BCUT2D eigenvalue weighted by molar-refractivity contribution is 9.10. The fourth-order valence-electron chi connectivity index (χ4n) is 1.01. The Labute approximate surface area is 97.5 Å². The maximum atomic E-state index is 12.0. The molecular weight excluding hydrogens is 296 g/mol. The van der Waals surface area contributed by atoms with Gasteiger partial charge in [-0.15, -0.1) is 0 Å². The van der Waals surface area contributed by atoms with Crippen molar-refractivity contribution in [2.45, 2.75) is 26.0 Å². The van der Waals surface area contributed by atoms with E-state index in [1.165, 1.54) is 6.20 Å². The van der Waals surface area contributed by atoms with Crippen molar-refractivity contribution in [1.29, 1.82) is 0 Å². The summed E-state index contributed by atoms with van der Waals surface area (Å²) in [6.45, 7) is -1.37. The number of alkyl halides is 4. The summed E-state index contributed by atoms with van der Waals surface area (Å²) in [6.07, 6.45) is -3.71. The van der Waals surface area contributed by atoms with Gasteiger partial charge in [0.15, 0.2) is 0 Å². The molecule has 1 aromatic rings. The van der Waals surface area contributed by atoms with Crippen molar-refractivity contribution in [3.63, 3.8) is 0 Å². The van der Waals surface area contributed by atoms with Gasteiger partial charge in [-0.1, -0.05) is 0 Å². The maximum absolute atomic E-state index is 12.0. The van der Waals surface area contributed by atoms with Gasteiger partial charge in [0.1, 0.15) is 18.8 Å². The summed E-state index contributed by atoms with van der Waals surface area (Å²) < 4.78 is 53.7. The van der Waals surface area contributed by atoms with Crippen molar-refractivity contribution in [1.82, 2.24) is 9.78 Å². The van der Waals surface area contributed by atoms with E-state index < -0.39 is 26.0 Å². The molecule has 0 spiro atoms. The minimum Gasteiger partial charge on any atom is -0.369 e. The fourth-order valence-corrected chi connectivity index (χ4v) is 1.44. The molecule has 0 aromatic carbocycles. The third kappa shape index (κ3) is 4.48. The molecule has 1 heterocycles. The lowest BCUT2D eigenvalue weighted by molar-refractivity contribution is 0.00841. The summed E-state index contributed by atoms with van der Waals surface area (Å²) in [4.78, 5) is 0. The van der Waals surface area contributed by atoms with Gasteiger partial charge in [-0.3, -0.25) is 4.68 Å². The van der Waals surface area contributed by atoms with Crippen LogP contribution in [0.1, 0.15) is 5.69 Å². The summed E-state index contributed by atoms with van der Waals surface area (Å²) in [7, 11) is 0. The van der Waals surface area contributed by atoms with Crippen molar-refractivity contribution in [3.8, 4) is 0 Å². The van der Waals surface area contributed by atoms with E-state index in [0.717, 1.165) is 4.68 Å². The van der Waals surface area contributed by atoms with E-state index >= 15 is 0 Å². The Morgan fingerprint density at radius 2 is 2.00 bits per heavy atom. The molecule has 0 unspecified atom stereocenters. The molecule has 1 rings (SSSR count). The van der Waals surface area contributed by atoms with Crippen molar-refractivity contribution in [2.24, 2.45) is 0 Å². The molecule has 92 valence electrons. The third-order valence-corrected chi connectivity index (χ3v) is 2.26. The van der Waals surface area contributed by atoms with Crippen LogP contribution in [0.4, 0.5) is 17.6 Å². The van der Waals surface area contributed by atoms with Gasteiger partial charge in [0.2, 0.25) is 0 Å². The van der Waals surface area contributed by atoms with Gasteiger partial charge in [0.05, 0.1) is 11.1 Å². The Morgan fingerprint density at radius 1 is 1.31 bits per heavy atom. The molecule has 0 aliphatic rings. The van der Waals surface area contributed by atoms with E-state index in [4.69, 9.17) is 0 Å².